The van der Waals surface area contributed by atoms with Gasteiger partial charge in [0.25, 0.3) is 0 Å². The van der Waals surface area contributed by atoms with E-state index >= 15 is 0 Å². The smallest absolute Gasteiger partial charge is 0.462 e. The maximum Gasteiger partial charge on any atom is 0.472 e. The van der Waals surface area contributed by atoms with Gasteiger partial charge in [0, 0.05) is 25.7 Å². The van der Waals surface area contributed by atoms with Gasteiger partial charge in [-0.15, -0.1) is 0 Å². The minimum Gasteiger partial charge on any atom is -0.462 e. The highest BCUT2D eigenvalue weighted by molar-refractivity contribution is 7.47. The van der Waals surface area contributed by atoms with Crippen LogP contribution in [0, 0.1) is 5.92 Å². The zero-order valence-corrected chi connectivity index (χ0v) is 61.7. The third kappa shape index (κ3) is 67.9. The maximum atomic E-state index is 13.1. The lowest BCUT2D eigenvalue weighted by atomic mass is 10.0. The third-order valence-electron chi connectivity index (χ3n) is 16.7. The summed E-state index contributed by atoms with van der Waals surface area (Å²) in [6, 6.07) is 0. The van der Waals surface area contributed by atoms with E-state index in [1.807, 2.05) is 0 Å². The molecule has 0 spiro atoms. The number of aliphatic hydroxyl groups excluding tert-OH is 1. The van der Waals surface area contributed by atoms with Gasteiger partial charge >= 0.3 is 39.5 Å². The zero-order valence-electron chi connectivity index (χ0n) is 59.9. The van der Waals surface area contributed by atoms with Gasteiger partial charge in [0.05, 0.1) is 26.4 Å². The molecule has 19 heteroatoms. The lowest BCUT2D eigenvalue weighted by Gasteiger charge is -2.21. The highest BCUT2D eigenvalue weighted by Gasteiger charge is 2.30. The molecular weight excluding hydrogens is 1220 g/mol. The van der Waals surface area contributed by atoms with Crippen LogP contribution in [0.1, 0.15) is 362 Å². The van der Waals surface area contributed by atoms with Crippen molar-refractivity contribution in [2.45, 2.75) is 380 Å². The van der Waals surface area contributed by atoms with Gasteiger partial charge in [-0.2, -0.15) is 0 Å². The van der Waals surface area contributed by atoms with Gasteiger partial charge in [-0.3, -0.25) is 37.3 Å². The number of hydrogen-bond donors (Lipinski definition) is 3. The summed E-state index contributed by atoms with van der Waals surface area (Å²) in [4.78, 5) is 72.6. The largest absolute Gasteiger partial charge is 0.472 e. The summed E-state index contributed by atoms with van der Waals surface area (Å²) in [5.41, 5.74) is 0. The Morgan fingerprint density at radius 1 is 0.333 bits per heavy atom. The number of carbonyl (C=O) groups is 4. The summed E-state index contributed by atoms with van der Waals surface area (Å²) in [6.07, 6.45) is 57.7. The van der Waals surface area contributed by atoms with Crippen molar-refractivity contribution in [3.63, 3.8) is 0 Å². The minimum atomic E-state index is -4.96. The standard InChI is InChI=1S/C74H140O17P2/c1-6-9-12-15-18-20-22-24-26-31-34-38-43-48-53-58-72(77)85-64-70(91-74(79)60-55-50-45-40-36-32-28-25-27-30-33-37-42-46-51-56-67(4)5)66-89-93(82,83)87-62-68(75)61-86-92(80,81)88-65-69(63-84-71(76)57-52-47-41-17-14-11-8-3)90-73(78)59-54-49-44-39-35-29-23-21-19-16-13-10-7-2/h20,22,24,26,67-70,75H,6-19,21,23,25,27-66H2,1-5H3,(H,80,81)(H,82,83)/b22-20-,26-24-/t68-,69+,70+/m0/s1. The second-order valence-corrected chi connectivity index (χ2v) is 29.4. The normalized spacial score (nSPS) is 14.2. The highest BCUT2D eigenvalue weighted by atomic mass is 31.2. The number of allylic oxidation sites excluding steroid dienone is 4. The number of rotatable bonds is 72. The Kier molecular flexibility index (Phi) is 65.0. The van der Waals surface area contributed by atoms with Gasteiger partial charge in [-0.1, -0.05) is 309 Å². The van der Waals surface area contributed by atoms with E-state index in [4.69, 9.17) is 37.0 Å². The first kappa shape index (κ1) is 90.5. The van der Waals surface area contributed by atoms with Crippen molar-refractivity contribution in [2.24, 2.45) is 5.92 Å². The molecule has 0 rings (SSSR count). The van der Waals surface area contributed by atoms with Crippen LogP contribution >= 0.6 is 15.6 Å². The molecule has 3 N–H and O–H groups in total. The summed E-state index contributed by atoms with van der Waals surface area (Å²) >= 11 is 0. The summed E-state index contributed by atoms with van der Waals surface area (Å²) in [5.74, 6) is -1.35. The van der Waals surface area contributed by atoms with E-state index in [0.717, 1.165) is 128 Å². The Morgan fingerprint density at radius 2 is 0.581 bits per heavy atom. The lowest BCUT2D eigenvalue weighted by molar-refractivity contribution is -0.161. The molecular formula is C74H140O17P2. The van der Waals surface area contributed by atoms with Gasteiger partial charge in [-0.05, 0) is 57.3 Å². The van der Waals surface area contributed by atoms with E-state index in [2.05, 4.69) is 58.9 Å². The van der Waals surface area contributed by atoms with Crippen LogP contribution in [0.15, 0.2) is 24.3 Å². The Balaban J connectivity index is 5.23. The molecule has 0 saturated heterocycles. The summed E-state index contributed by atoms with van der Waals surface area (Å²) < 4.78 is 68.3. The molecule has 0 aromatic carbocycles. The van der Waals surface area contributed by atoms with Crippen LogP contribution in [0.5, 0.6) is 0 Å². The van der Waals surface area contributed by atoms with Crippen molar-refractivity contribution in [3.8, 4) is 0 Å². The molecule has 0 heterocycles. The Bertz CT molecular complexity index is 1880. The quantitative estimate of drug-likeness (QED) is 0.0169. The third-order valence-corrected chi connectivity index (χ3v) is 18.6. The monoisotopic (exact) mass is 1360 g/mol. The van der Waals surface area contributed by atoms with Gasteiger partial charge < -0.3 is 33.8 Å². The van der Waals surface area contributed by atoms with Crippen molar-refractivity contribution in [3.05, 3.63) is 24.3 Å². The molecule has 5 atom stereocenters. The molecule has 17 nitrogen and oxygen atoms in total. The van der Waals surface area contributed by atoms with Crippen molar-refractivity contribution in [1.82, 2.24) is 0 Å². The highest BCUT2D eigenvalue weighted by Crippen LogP contribution is 2.45. The molecule has 0 aliphatic carbocycles. The average Bonchev–Trinajstić information content (AvgIpc) is 2.61. The minimum absolute atomic E-state index is 0.101. The van der Waals surface area contributed by atoms with Gasteiger partial charge in [0.1, 0.15) is 19.3 Å². The lowest BCUT2D eigenvalue weighted by Crippen LogP contribution is -2.30. The molecule has 0 saturated carbocycles. The second-order valence-electron chi connectivity index (χ2n) is 26.5. The second kappa shape index (κ2) is 66.8. The maximum absolute atomic E-state index is 13.1. The van der Waals surface area contributed by atoms with E-state index in [9.17, 15) is 43.2 Å². The number of carbonyl (C=O) groups excluding carboxylic acids is 4. The fourth-order valence-corrected chi connectivity index (χ4v) is 12.4. The summed E-state index contributed by atoms with van der Waals surface area (Å²) in [7, 11) is -9.91. The Hall–Kier alpha value is -2.46. The molecule has 2 unspecified atom stereocenters. The van der Waals surface area contributed by atoms with Crippen molar-refractivity contribution >= 4 is 39.5 Å². The molecule has 0 aromatic heterocycles. The van der Waals surface area contributed by atoms with E-state index < -0.39 is 97.5 Å². The van der Waals surface area contributed by atoms with Gasteiger partial charge in [0.2, 0.25) is 0 Å². The van der Waals surface area contributed by atoms with Crippen LogP contribution < -0.4 is 0 Å². The van der Waals surface area contributed by atoms with E-state index in [-0.39, 0.29) is 25.7 Å². The molecule has 548 valence electrons. The number of unbranched alkanes of at least 4 members (excludes halogenated alkanes) is 41. The fourth-order valence-electron chi connectivity index (χ4n) is 10.8. The van der Waals surface area contributed by atoms with E-state index in [0.29, 0.717) is 25.7 Å². The molecule has 93 heavy (non-hydrogen) atoms. The average molecular weight is 1360 g/mol. The summed E-state index contributed by atoms with van der Waals surface area (Å²) in [6.45, 7) is 7.20. The Morgan fingerprint density at radius 3 is 0.882 bits per heavy atom. The fraction of sp³-hybridized carbons (Fsp3) is 0.892. The predicted molar refractivity (Wildman–Crippen MR) is 377 cm³/mol. The van der Waals surface area contributed by atoms with Crippen molar-refractivity contribution in [2.75, 3.05) is 39.6 Å². The number of esters is 4. The van der Waals surface area contributed by atoms with Crippen LogP contribution in [0.2, 0.25) is 0 Å². The molecule has 0 bridgehead atoms. The first-order valence-corrected chi connectivity index (χ1v) is 40.9. The molecule has 0 fully saturated rings. The summed E-state index contributed by atoms with van der Waals surface area (Å²) in [5, 5.41) is 10.6. The first-order chi connectivity index (χ1) is 45.0. The van der Waals surface area contributed by atoms with Crippen molar-refractivity contribution in [1.29, 1.82) is 0 Å². The van der Waals surface area contributed by atoms with Crippen LogP contribution in [-0.2, 0) is 65.4 Å². The van der Waals surface area contributed by atoms with Crippen LogP contribution in [0.4, 0.5) is 0 Å². The first-order valence-electron chi connectivity index (χ1n) is 38.0. The van der Waals surface area contributed by atoms with Gasteiger partial charge in [-0.25, -0.2) is 9.13 Å². The SMILES string of the molecule is CCCCCC/C=C\C=C/CCCCCCCC(=O)OC[C@H](COP(=O)(O)OC[C@@H](O)COP(=O)(O)OC[C@@H](COC(=O)CCCCCCCCC)OC(=O)CCCCCCCCCCCCCCC)OC(=O)CCCCCCCCCCCCCCCCCC(C)C. The Labute approximate surface area is 567 Å². The number of phosphoric ester groups is 2. The molecule has 0 aliphatic rings. The van der Waals surface area contributed by atoms with E-state index in [1.165, 1.54) is 154 Å². The number of ether oxygens (including phenoxy) is 4. The zero-order chi connectivity index (χ0) is 68.4. The van der Waals surface area contributed by atoms with Crippen LogP contribution in [0.3, 0.4) is 0 Å². The topological polar surface area (TPSA) is 237 Å². The molecule has 0 aromatic rings. The molecule has 0 aliphatic heterocycles. The molecule has 0 amide bonds. The molecule has 0 radical (unpaired) electrons. The number of hydrogen-bond acceptors (Lipinski definition) is 15. The van der Waals surface area contributed by atoms with Crippen LogP contribution in [0.25, 0.3) is 0 Å². The van der Waals surface area contributed by atoms with Crippen LogP contribution in [-0.4, -0.2) is 96.7 Å². The predicted octanol–water partition coefficient (Wildman–Crippen LogP) is 21.2. The van der Waals surface area contributed by atoms with Crippen molar-refractivity contribution < 1.29 is 80.2 Å². The van der Waals surface area contributed by atoms with Gasteiger partial charge in [0.15, 0.2) is 12.2 Å². The number of phosphoric acid groups is 2. The van der Waals surface area contributed by atoms with E-state index in [1.54, 1.807) is 0 Å². The number of aliphatic hydroxyl groups is 1.